The zero-order chi connectivity index (χ0) is 19.8. The standard InChI is InChI=1S/C21H24N4O2S/c1-3-13-27-20(26)15-28-21-24-23-19(25(21)17-10-5-4-6-11-17)14-22-18-12-8-7-9-16(18)2/h4-12,22H,3,13-15H2,1-2H3. The maximum Gasteiger partial charge on any atom is 0.316 e. The summed E-state index contributed by atoms with van der Waals surface area (Å²) >= 11 is 1.33. The van der Waals surface area contributed by atoms with Gasteiger partial charge in [0.1, 0.15) is 0 Å². The molecule has 0 amide bonds. The van der Waals surface area contributed by atoms with Crippen LogP contribution in [0.2, 0.25) is 0 Å². The van der Waals surface area contributed by atoms with Gasteiger partial charge in [0.15, 0.2) is 11.0 Å². The molecule has 7 heteroatoms. The lowest BCUT2D eigenvalue weighted by Gasteiger charge is -2.12. The molecule has 0 radical (unpaired) electrons. The fourth-order valence-electron chi connectivity index (χ4n) is 2.67. The summed E-state index contributed by atoms with van der Waals surface area (Å²) in [5, 5.41) is 12.8. The number of ether oxygens (including phenoxy) is 1. The average molecular weight is 397 g/mol. The van der Waals surface area contributed by atoms with E-state index >= 15 is 0 Å². The van der Waals surface area contributed by atoms with E-state index in [9.17, 15) is 4.79 Å². The molecule has 6 nitrogen and oxygen atoms in total. The molecule has 0 saturated carbocycles. The summed E-state index contributed by atoms with van der Waals surface area (Å²) in [6.45, 7) is 5.00. The van der Waals surface area contributed by atoms with E-state index in [0.717, 1.165) is 23.6 Å². The van der Waals surface area contributed by atoms with Crippen molar-refractivity contribution < 1.29 is 9.53 Å². The van der Waals surface area contributed by atoms with Gasteiger partial charge >= 0.3 is 5.97 Å². The number of rotatable bonds is 9. The maximum atomic E-state index is 11.9. The van der Waals surface area contributed by atoms with Crippen LogP contribution in [0.15, 0.2) is 59.8 Å². The summed E-state index contributed by atoms with van der Waals surface area (Å²) < 4.78 is 7.13. The van der Waals surface area contributed by atoms with Crippen LogP contribution in [0.25, 0.3) is 5.69 Å². The second kappa shape index (κ2) is 9.94. The molecule has 0 fully saturated rings. The van der Waals surface area contributed by atoms with Gasteiger partial charge in [-0.1, -0.05) is 55.1 Å². The number of nitrogens with one attached hydrogen (secondary N) is 1. The van der Waals surface area contributed by atoms with Gasteiger partial charge in [0, 0.05) is 11.4 Å². The Hall–Kier alpha value is -2.80. The Labute approximate surface area is 169 Å². The summed E-state index contributed by atoms with van der Waals surface area (Å²) in [5.74, 6) is 0.740. The third-order valence-corrected chi connectivity index (χ3v) is 4.99. The van der Waals surface area contributed by atoms with Gasteiger partial charge in [-0.05, 0) is 37.1 Å². The van der Waals surface area contributed by atoms with Crippen LogP contribution in [0.4, 0.5) is 5.69 Å². The van der Waals surface area contributed by atoms with Crippen molar-refractivity contribution in [3.8, 4) is 5.69 Å². The molecule has 0 bridgehead atoms. The summed E-state index contributed by atoms with van der Waals surface area (Å²) in [4.78, 5) is 11.9. The number of aryl methyl sites for hydroxylation is 1. The van der Waals surface area contributed by atoms with Crippen LogP contribution in [0.1, 0.15) is 24.7 Å². The molecule has 28 heavy (non-hydrogen) atoms. The van der Waals surface area contributed by atoms with Gasteiger partial charge in [-0.3, -0.25) is 9.36 Å². The molecule has 3 rings (SSSR count). The Bertz CT molecular complexity index is 912. The summed E-state index contributed by atoms with van der Waals surface area (Å²) in [6.07, 6.45) is 0.811. The van der Waals surface area contributed by atoms with Crippen molar-refractivity contribution >= 4 is 23.4 Å². The number of anilines is 1. The van der Waals surface area contributed by atoms with Gasteiger partial charge in [-0.25, -0.2) is 0 Å². The van der Waals surface area contributed by atoms with Gasteiger partial charge in [0.25, 0.3) is 0 Å². The second-order valence-corrected chi connectivity index (χ2v) is 7.19. The Morgan fingerprint density at radius 3 is 2.61 bits per heavy atom. The zero-order valence-corrected chi connectivity index (χ0v) is 16.9. The van der Waals surface area contributed by atoms with E-state index in [2.05, 4.69) is 28.5 Å². The molecule has 1 heterocycles. The number of hydrogen-bond donors (Lipinski definition) is 1. The zero-order valence-electron chi connectivity index (χ0n) is 16.1. The van der Waals surface area contributed by atoms with Crippen LogP contribution in [-0.4, -0.2) is 33.1 Å². The van der Waals surface area contributed by atoms with Crippen LogP contribution in [0, 0.1) is 6.92 Å². The highest BCUT2D eigenvalue weighted by molar-refractivity contribution is 7.99. The number of thioether (sulfide) groups is 1. The Kier molecular flexibility index (Phi) is 7.08. The summed E-state index contributed by atoms with van der Waals surface area (Å²) in [6, 6.07) is 18.0. The van der Waals surface area contributed by atoms with Crippen molar-refractivity contribution in [3.63, 3.8) is 0 Å². The van der Waals surface area contributed by atoms with Crippen molar-refractivity contribution in [3.05, 3.63) is 66.0 Å². The smallest absolute Gasteiger partial charge is 0.316 e. The fraction of sp³-hybridized carbons (Fsp3) is 0.286. The van der Waals surface area contributed by atoms with Gasteiger partial charge < -0.3 is 10.1 Å². The SMILES string of the molecule is CCCOC(=O)CSc1nnc(CNc2ccccc2C)n1-c1ccccc1. The Balaban J connectivity index is 1.79. The second-order valence-electron chi connectivity index (χ2n) is 6.25. The van der Waals surface area contributed by atoms with E-state index in [-0.39, 0.29) is 11.7 Å². The van der Waals surface area contributed by atoms with E-state index in [4.69, 9.17) is 4.74 Å². The van der Waals surface area contributed by atoms with Crippen molar-refractivity contribution in [2.24, 2.45) is 0 Å². The molecular formula is C21H24N4O2S. The molecule has 3 aromatic rings. The van der Waals surface area contributed by atoms with Crippen molar-refractivity contribution in [2.75, 3.05) is 17.7 Å². The Morgan fingerprint density at radius 2 is 1.86 bits per heavy atom. The summed E-state index contributed by atoms with van der Waals surface area (Å²) in [5.41, 5.74) is 3.18. The van der Waals surface area contributed by atoms with Crippen molar-refractivity contribution in [2.45, 2.75) is 32.0 Å². The van der Waals surface area contributed by atoms with Crippen LogP contribution >= 0.6 is 11.8 Å². The third-order valence-electron chi connectivity index (χ3n) is 4.08. The maximum absolute atomic E-state index is 11.9. The lowest BCUT2D eigenvalue weighted by atomic mass is 10.2. The molecule has 2 aromatic carbocycles. The van der Waals surface area contributed by atoms with Crippen molar-refractivity contribution in [1.29, 1.82) is 0 Å². The van der Waals surface area contributed by atoms with Crippen LogP contribution in [-0.2, 0) is 16.1 Å². The number of nitrogens with zero attached hydrogens (tertiary/aromatic N) is 3. The number of carbonyl (C=O) groups excluding carboxylic acids is 1. The normalized spacial score (nSPS) is 10.6. The number of esters is 1. The number of para-hydroxylation sites is 2. The first-order valence-electron chi connectivity index (χ1n) is 9.26. The molecular weight excluding hydrogens is 372 g/mol. The molecule has 0 aliphatic rings. The van der Waals surface area contributed by atoms with E-state index in [1.165, 1.54) is 17.3 Å². The fourth-order valence-corrected chi connectivity index (χ4v) is 3.44. The van der Waals surface area contributed by atoms with Crippen LogP contribution in [0.3, 0.4) is 0 Å². The molecule has 0 aliphatic heterocycles. The highest BCUT2D eigenvalue weighted by Crippen LogP contribution is 2.23. The molecule has 0 aliphatic carbocycles. The first-order chi connectivity index (χ1) is 13.7. The molecule has 0 spiro atoms. The number of carbonyl (C=O) groups is 1. The van der Waals surface area contributed by atoms with Crippen LogP contribution in [0.5, 0.6) is 0 Å². The topological polar surface area (TPSA) is 69.0 Å². The largest absolute Gasteiger partial charge is 0.465 e. The molecule has 146 valence electrons. The Morgan fingerprint density at radius 1 is 1.11 bits per heavy atom. The van der Waals surface area contributed by atoms with E-state index in [0.29, 0.717) is 18.3 Å². The van der Waals surface area contributed by atoms with Crippen molar-refractivity contribution in [1.82, 2.24) is 14.8 Å². The lowest BCUT2D eigenvalue weighted by molar-refractivity contribution is -0.140. The highest BCUT2D eigenvalue weighted by Gasteiger charge is 2.16. The van der Waals surface area contributed by atoms with Gasteiger partial charge in [0.05, 0.1) is 18.9 Å². The number of benzene rings is 2. The predicted molar refractivity (Wildman–Crippen MR) is 112 cm³/mol. The monoisotopic (exact) mass is 396 g/mol. The predicted octanol–water partition coefficient (Wildman–Crippen LogP) is 4.23. The first kappa shape index (κ1) is 19.9. The molecule has 0 saturated heterocycles. The average Bonchev–Trinajstić information content (AvgIpc) is 3.13. The van der Waals surface area contributed by atoms with Gasteiger partial charge in [-0.15, -0.1) is 10.2 Å². The highest BCUT2D eigenvalue weighted by atomic mass is 32.2. The minimum Gasteiger partial charge on any atom is -0.465 e. The lowest BCUT2D eigenvalue weighted by Crippen LogP contribution is -2.11. The van der Waals surface area contributed by atoms with E-state index < -0.39 is 0 Å². The van der Waals surface area contributed by atoms with Gasteiger partial charge in [-0.2, -0.15) is 0 Å². The minimum absolute atomic E-state index is 0.205. The third kappa shape index (κ3) is 5.13. The number of aromatic nitrogens is 3. The van der Waals surface area contributed by atoms with E-state index in [1.807, 2.05) is 60.0 Å². The molecule has 1 N–H and O–H groups in total. The first-order valence-corrected chi connectivity index (χ1v) is 10.2. The molecule has 1 aromatic heterocycles. The summed E-state index contributed by atoms with van der Waals surface area (Å²) in [7, 11) is 0. The molecule has 0 atom stereocenters. The quantitative estimate of drug-likeness (QED) is 0.431. The number of hydrogen-bond acceptors (Lipinski definition) is 6. The van der Waals surface area contributed by atoms with E-state index in [1.54, 1.807) is 0 Å². The van der Waals surface area contributed by atoms with Gasteiger partial charge in [0.2, 0.25) is 0 Å². The minimum atomic E-state index is -0.242. The molecule has 0 unspecified atom stereocenters. The van der Waals surface area contributed by atoms with Crippen LogP contribution < -0.4 is 5.32 Å².